The molecule has 1 aliphatic heterocycles. The Hall–Kier alpha value is -1.22. The van der Waals surface area contributed by atoms with Gasteiger partial charge in [0.2, 0.25) is 0 Å². The quantitative estimate of drug-likeness (QED) is 0.722. The van der Waals surface area contributed by atoms with Gasteiger partial charge in [0.05, 0.1) is 0 Å². The SMILES string of the molecule is C[C@H]1Cc2cc(Cl)ccc2CCN1C(=O)OC(C)(C)C. The normalized spacial score (nSPS) is 19.2. The lowest BCUT2D eigenvalue weighted by molar-refractivity contribution is 0.0185. The predicted molar refractivity (Wildman–Crippen MR) is 81.3 cm³/mol. The highest BCUT2D eigenvalue weighted by Crippen LogP contribution is 2.24. The molecule has 4 heteroatoms. The predicted octanol–water partition coefficient (Wildman–Crippen LogP) is 4.06. The molecule has 20 heavy (non-hydrogen) atoms. The number of carbonyl (C=O) groups is 1. The third-order valence-corrected chi connectivity index (χ3v) is 3.70. The van der Waals surface area contributed by atoms with Crippen LogP contribution in [0, 0.1) is 0 Å². The van der Waals surface area contributed by atoms with E-state index in [1.807, 2.05) is 37.8 Å². The fourth-order valence-electron chi connectivity index (χ4n) is 2.51. The number of nitrogens with zero attached hydrogens (tertiary/aromatic N) is 1. The first-order chi connectivity index (χ1) is 9.26. The van der Waals surface area contributed by atoms with Crippen molar-refractivity contribution < 1.29 is 9.53 Å². The van der Waals surface area contributed by atoms with E-state index in [1.54, 1.807) is 0 Å². The van der Waals surface area contributed by atoms with Gasteiger partial charge in [-0.1, -0.05) is 17.7 Å². The third-order valence-electron chi connectivity index (χ3n) is 3.47. The van der Waals surface area contributed by atoms with E-state index in [4.69, 9.17) is 16.3 Å². The molecular weight excluding hydrogens is 274 g/mol. The lowest BCUT2D eigenvalue weighted by atomic mass is 10.0. The third kappa shape index (κ3) is 3.66. The molecule has 1 aliphatic rings. The molecule has 0 saturated carbocycles. The summed E-state index contributed by atoms with van der Waals surface area (Å²) in [5, 5.41) is 0.752. The minimum Gasteiger partial charge on any atom is -0.444 e. The molecule has 1 heterocycles. The van der Waals surface area contributed by atoms with Gasteiger partial charge in [-0.15, -0.1) is 0 Å². The summed E-state index contributed by atoms with van der Waals surface area (Å²) >= 11 is 6.06. The van der Waals surface area contributed by atoms with Crippen LogP contribution in [0.2, 0.25) is 5.02 Å². The van der Waals surface area contributed by atoms with Crippen LogP contribution in [-0.4, -0.2) is 29.2 Å². The van der Waals surface area contributed by atoms with E-state index in [2.05, 4.69) is 13.0 Å². The molecule has 0 spiro atoms. The monoisotopic (exact) mass is 295 g/mol. The molecule has 3 nitrogen and oxygen atoms in total. The van der Waals surface area contributed by atoms with Crippen molar-refractivity contribution in [3.05, 3.63) is 34.3 Å². The second-order valence-electron chi connectivity index (χ2n) is 6.39. The zero-order chi connectivity index (χ0) is 14.9. The zero-order valence-corrected chi connectivity index (χ0v) is 13.3. The summed E-state index contributed by atoms with van der Waals surface area (Å²) in [5.41, 5.74) is 2.04. The van der Waals surface area contributed by atoms with Crippen molar-refractivity contribution in [2.75, 3.05) is 6.54 Å². The zero-order valence-electron chi connectivity index (χ0n) is 12.6. The maximum Gasteiger partial charge on any atom is 0.410 e. The molecule has 2 rings (SSSR count). The number of halogens is 1. The largest absolute Gasteiger partial charge is 0.444 e. The Morgan fingerprint density at radius 1 is 1.35 bits per heavy atom. The number of fused-ring (bicyclic) bond motifs is 1. The first-order valence-corrected chi connectivity index (χ1v) is 7.41. The number of ether oxygens (including phenoxy) is 1. The van der Waals surface area contributed by atoms with Crippen LogP contribution in [0.1, 0.15) is 38.8 Å². The lowest BCUT2D eigenvalue weighted by Crippen LogP contribution is -2.43. The summed E-state index contributed by atoms with van der Waals surface area (Å²) in [6.45, 7) is 8.41. The van der Waals surface area contributed by atoms with E-state index in [-0.39, 0.29) is 12.1 Å². The Kier molecular flexibility index (Phi) is 4.28. The standard InChI is InChI=1S/C16H22ClNO2/c1-11-9-13-10-14(17)6-5-12(13)7-8-18(11)15(19)20-16(2,3)4/h5-6,10-11H,7-9H2,1-4H3/t11-/m0/s1. The first kappa shape index (κ1) is 15.2. The van der Waals surface area contributed by atoms with Gasteiger partial charge in [-0.2, -0.15) is 0 Å². The molecule has 0 unspecified atom stereocenters. The van der Waals surface area contributed by atoms with E-state index in [1.165, 1.54) is 11.1 Å². The van der Waals surface area contributed by atoms with Gasteiger partial charge in [-0.25, -0.2) is 4.79 Å². The minimum atomic E-state index is -0.459. The summed E-state index contributed by atoms with van der Waals surface area (Å²) in [6.07, 6.45) is 1.43. The lowest BCUT2D eigenvalue weighted by Gasteiger charge is -2.30. The maximum atomic E-state index is 12.3. The van der Waals surface area contributed by atoms with Crippen molar-refractivity contribution in [1.82, 2.24) is 4.90 Å². The number of hydrogen-bond acceptors (Lipinski definition) is 2. The van der Waals surface area contributed by atoms with Gasteiger partial charge in [0.25, 0.3) is 0 Å². The highest BCUT2D eigenvalue weighted by atomic mass is 35.5. The number of benzene rings is 1. The highest BCUT2D eigenvalue weighted by Gasteiger charge is 2.28. The summed E-state index contributed by atoms with van der Waals surface area (Å²) in [4.78, 5) is 14.1. The fourth-order valence-corrected chi connectivity index (χ4v) is 2.70. The number of carbonyl (C=O) groups excluding carboxylic acids is 1. The van der Waals surface area contributed by atoms with Gasteiger partial charge in [0.1, 0.15) is 5.60 Å². The van der Waals surface area contributed by atoms with Crippen LogP contribution in [0.25, 0.3) is 0 Å². The minimum absolute atomic E-state index is 0.115. The molecule has 1 aromatic carbocycles. The van der Waals surface area contributed by atoms with E-state index in [0.29, 0.717) is 6.54 Å². The van der Waals surface area contributed by atoms with Gasteiger partial charge in [-0.05, 0) is 63.8 Å². The van der Waals surface area contributed by atoms with Crippen LogP contribution in [0.4, 0.5) is 4.79 Å². The Labute approximate surface area is 125 Å². The fraction of sp³-hybridized carbons (Fsp3) is 0.562. The van der Waals surface area contributed by atoms with Gasteiger partial charge >= 0.3 is 6.09 Å². The smallest absolute Gasteiger partial charge is 0.410 e. The van der Waals surface area contributed by atoms with E-state index < -0.39 is 5.60 Å². The van der Waals surface area contributed by atoms with Crippen molar-refractivity contribution in [2.24, 2.45) is 0 Å². The van der Waals surface area contributed by atoms with Crippen molar-refractivity contribution in [1.29, 1.82) is 0 Å². The molecule has 0 radical (unpaired) electrons. The molecule has 0 aliphatic carbocycles. The Morgan fingerprint density at radius 2 is 2.05 bits per heavy atom. The van der Waals surface area contributed by atoms with Gasteiger partial charge in [0, 0.05) is 17.6 Å². The molecule has 0 aromatic heterocycles. The van der Waals surface area contributed by atoms with E-state index in [9.17, 15) is 4.79 Å². The van der Waals surface area contributed by atoms with Gasteiger partial charge in [-0.3, -0.25) is 0 Å². The van der Waals surface area contributed by atoms with Crippen LogP contribution in [0.3, 0.4) is 0 Å². The van der Waals surface area contributed by atoms with Crippen molar-refractivity contribution >= 4 is 17.7 Å². The summed E-state index contributed by atoms with van der Waals surface area (Å²) < 4.78 is 5.49. The molecule has 0 fully saturated rings. The van der Waals surface area contributed by atoms with Gasteiger partial charge < -0.3 is 9.64 Å². The van der Waals surface area contributed by atoms with Crippen LogP contribution >= 0.6 is 11.6 Å². The average molecular weight is 296 g/mol. The molecule has 1 atom stereocenters. The molecule has 0 saturated heterocycles. The Bertz CT molecular complexity index is 508. The maximum absolute atomic E-state index is 12.3. The molecule has 1 amide bonds. The Balaban J connectivity index is 2.15. The highest BCUT2D eigenvalue weighted by molar-refractivity contribution is 6.30. The second-order valence-corrected chi connectivity index (χ2v) is 6.83. The molecular formula is C16H22ClNO2. The van der Waals surface area contributed by atoms with Crippen LogP contribution in [0.15, 0.2) is 18.2 Å². The molecule has 0 bridgehead atoms. The van der Waals surface area contributed by atoms with E-state index >= 15 is 0 Å². The Morgan fingerprint density at radius 3 is 2.70 bits per heavy atom. The summed E-state index contributed by atoms with van der Waals surface area (Å²) in [5.74, 6) is 0. The molecule has 0 N–H and O–H groups in total. The first-order valence-electron chi connectivity index (χ1n) is 7.03. The average Bonchev–Trinajstić information content (AvgIpc) is 2.44. The van der Waals surface area contributed by atoms with Crippen molar-refractivity contribution in [3.8, 4) is 0 Å². The van der Waals surface area contributed by atoms with Gasteiger partial charge in [0.15, 0.2) is 0 Å². The number of hydrogen-bond donors (Lipinski definition) is 0. The molecule has 1 aromatic rings. The topological polar surface area (TPSA) is 29.5 Å². The summed E-state index contributed by atoms with van der Waals surface area (Å²) in [7, 11) is 0. The summed E-state index contributed by atoms with van der Waals surface area (Å²) in [6, 6.07) is 6.09. The van der Waals surface area contributed by atoms with E-state index in [0.717, 1.165) is 17.9 Å². The van der Waals surface area contributed by atoms with Crippen LogP contribution in [-0.2, 0) is 17.6 Å². The second kappa shape index (κ2) is 5.65. The number of rotatable bonds is 0. The van der Waals surface area contributed by atoms with Crippen LogP contribution < -0.4 is 0 Å². The number of amides is 1. The van der Waals surface area contributed by atoms with Crippen LogP contribution in [0.5, 0.6) is 0 Å². The van der Waals surface area contributed by atoms with Crippen molar-refractivity contribution in [3.63, 3.8) is 0 Å². The molecule has 110 valence electrons. The van der Waals surface area contributed by atoms with Crippen molar-refractivity contribution in [2.45, 2.75) is 52.2 Å².